The topological polar surface area (TPSA) is 58.9 Å². The Morgan fingerprint density at radius 3 is 2.81 bits per heavy atom. The molecule has 0 radical (unpaired) electrons. The molecule has 4 nitrogen and oxygen atoms in total. The molecule has 0 amide bonds. The van der Waals surface area contributed by atoms with Crippen LogP contribution in [0.3, 0.4) is 0 Å². The minimum Gasteiger partial charge on any atom is -0.504 e. The van der Waals surface area contributed by atoms with Crippen molar-refractivity contribution in [2.24, 2.45) is 0 Å². The minimum absolute atomic E-state index is 0.0559. The summed E-state index contributed by atoms with van der Waals surface area (Å²) in [7, 11) is 1.53. The van der Waals surface area contributed by atoms with E-state index in [2.05, 4.69) is 43.6 Å². The quantitative estimate of drug-likeness (QED) is 0.299. The third-order valence-corrected chi connectivity index (χ3v) is 5.62. The van der Waals surface area contributed by atoms with Crippen LogP contribution < -0.4 is 4.74 Å². The molecule has 2 aromatic rings. The van der Waals surface area contributed by atoms with Crippen molar-refractivity contribution in [2.45, 2.75) is 64.3 Å². The Labute approximate surface area is 185 Å². The number of phenols is 1. The number of rotatable bonds is 9. The van der Waals surface area contributed by atoms with Crippen molar-refractivity contribution < 1.29 is 19.7 Å². The normalized spacial score (nSPS) is 16.2. The van der Waals surface area contributed by atoms with Crippen molar-refractivity contribution in [1.29, 1.82) is 0 Å². The van der Waals surface area contributed by atoms with E-state index in [1.54, 1.807) is 12.1 Å². The van der Waals surface area contributed by atoms with Gasteiger partial charge in [0.2, 0.25) is 0 Å². The molecule has 0 saturated carbocycles. The Morgan fingerprint density at radius 1 is 1.26 bits per heavy atom. The van der Waals surface area contributed by atoms with Crippen LogP contribution in [0.15, 0.2) is 43.0 Å². The predicted octanol–water partition coefficient (Wildman–Crippen LogP) is 5.94. The number of unbranched alkanes of at least 4 members (excludes halogenated alkanes) is 5. The van der Waals surface area contributed by atoms with Crippen LogP contribution in [0.1, 0.15) is 68.2 Å². The Morgan fingerprint density at radius 2 is 2.06 bits per heavy atom. The average Bonchev–Trinajstić information content (AvgIpc) is 3.18. The summed E-state index contributed by atoms with van der Waals surface area (Å²) in [4.78, 5) is 0. The Balaban J connectivity index is 1.96. The lowest BCUT2D eigenvalue weighted by atomic mass is 9.92. The van der Waals surface area contributed by atoms with Gasteiger partial charge in [0.25, 0.3) is 0 Å². The number of benzene rings is 2. The first kappa shape index (κ1) is 22.9. The van der Waals surface area contributed by atoms with E-state index in [0.717, 1.165) is 33.9 Å². The summed E-state index contributed by atoms with van der Waals surface area (Å²) in [6.45, 7) is 6.31. The summed E-state index contributed by atoms with van der Waals surface area (Å²) in [5.41, 5.74) is 2.83. The van der Waals surface area contributed by atoms with Gasteiger partial charge >= 0.3 is 0 Å². The average molecular weight is 421 g/mol. The van der Waals surface area contributed by atoms with Crippen molar-refractivity contribution in [2.75, 3.05) is 7.11 Å². The van der Waals surface area contributed by atoms with E-state index in [0.29, 0.717) is 12.4 Å². The van der Waals surface area contributed by atoms with Crippen LogP contribution in [-0.4, -0.2) is 23.4 Å². The van der Waals surface area contributed by atoms with Crippen LogP contribution >= 0.6 is 0 Å². The zero-order chi connectivity index (χ0) is 22.2. The summed E-state index contributed by atoms with van der Waals surface area (Å²) in [5.74, 6) is 6.42. The fourth-order valence-electron chi connectivity index (χ4n) is 3.94. The zero-order valence-electron chi connectivity index (χ0n) is 18.5. The van der Waals surface area contributed by atoms with Crippen molar-refractivity contribution in [3.8, 4) is 23.3 Å². The molecule has 2 aromatic carbocycles. The number of fused-ring (bicyclic) bond motifs is 2. The lowest BCUT2D eigenvalue weighted by molar-refractivity contribution is 0.0989. The highest BCUT2D eigenvalue weighted by Gasteiger charge is 2.26. The number of aliphatic hydroxyl groups is 1. The lowest BCUT2D eigenvalue weighted by Gasteiger charge is -2.13. The molecule has 31 heavy (non-hydrogen) atoms. The largest absolute Gasteiger partial charge is 0.504 e. The van der Waals surface area contributed by atoms with E-state index < -0.39 is 6.10 Å². The van der Waals surface area contributed by atoms with Gasteiger partial charge in [-0.15, -0.1) is 0 Å². The number of phenolic OH excluding ortho intramolecular Hbond substituents is 1. The maximum absolute atomic E-state index is 10.3. The summed E-state index contributed by atoms with van der Waals surface area (Å²) in [5, 5.41) is 22.0. The Kier molecular flexibility index (Phi) is 8.17. The van der Waals surface area contributed by atoms with Gasteiger partial charge < -0.3 is 19.7 Å². The van der Waals surface area contributed by atoms with Crippen molar-refractivity contribution in [3.63, 3.8) is 0 Å². The van der Waals surface area contributed by atoms with Crippen LogP contribution in [0.25, 0.3) is 10.8 Å². The molecular weight excluding hydrogens is 388 g/mol. The summed E-state index contributed by atoms with van der Waals surface area (Å²) < 4.78 is 11.3. The second kappa shape index (κ2) is 11.0. The molecule has 0 aromatic heterocycles. The third kappa shape index (κ3) is 5.50. The molecule has 1 aliphatic rings. The molecule has 1 aliphatic heterocycles. The lowest BCUT2D eigenvalue weighted by Crippen LogP contribution is -2.00. The maximum atomic E-state index is 10.3. The highest BCUT2D eigenvalue weighted by atomic mass is 16.5. The van der Waals surface area contributed by atoms with Crippen LogP contribution in [0.2, 0.25) is 0 Å². The summed E-state index contributed by atoms with van der Waals surface area (Å²) in [6, 6.07) is 5.55. The monoisotopic (exact) mass is 420 g/mol. The molecule has 1 heterocycles. The highest BCUT2D eigenvalue weighted by molar-refractivity contribution is 5.93. The molecule has 4 heteroatoms. The molecule has 0 saturated heterocycles. The van der Waals surface area contributed by atoms with Gasteiger partial charge in [-0.05, 0) is 42.0 Å². The second-order valence-electron chi connectivity index (χ2n) is 7.88. The van der Waals surface area contributed by atoms with E-state index in [1.807, 2.05) is 0 Å². The van der Waals surface area contributed by atoms with E-state index >= 15 is 0 Å². The van der Waals surface area contributed by atoms with Gasteiger partial charge in [-0.3, -0.25) is 0 Å². The molecule has 164 valence electrons. The van der Waals surface area contributed by atoms with Gasteiger partial charge in [-0.1, -0.05) is 69.3 Å². The first-order valence-electron chi connectivity index (χ1n) is 11.1. The van der Waals surface area contributed by atoms with Gasteiger partial charge in [0.1, 0.15) is 12.2 Å². The van der Waals surface area contributed by atoms with E-state index in [-0.39, 0.29) is 11.9 Å². The molecular formula is C27H32O4. The third-order valence-electron chi connectivity index (χ3n) is 5.62. The van der Waals surface area contributed by atoms with E-state index in [9.17, 15) is 10.2 Å². The van der Waals surface area contributed by atoms with Crippen LogP contribution in [0, 0.1) is 11.8 Å². The summed E-state index contributed by atoms with van der Waals surface area (Å²) >= 11 is 0. The Bertz CT molecular complexity index is 1010. The Hall–Kier alpha value is -2.74. The molecule has 0 aliphatic carbocycles. The first-order valence-corrected chi connectivity index (χ1v) is 11.1. The number of ether oxygens (including phenoxy) is 2. The number of allylic oxidation sites excluding steroid dienone is 1. The highest BCUT2D eigenvalue weighted by Crippen LogP contribution is 2.41. The van der Waals surface area contributed by atoms with Gasteiger partial charge in [0.15, 0.2) is 11.5 Å². The molecule has 0 fully saturated rings. The molecule has 2 atom stereocenters. The van der Waals surface area contributed by atoms with E-state index in [4.69, 9.17) is 9.47 Å². The van der Waals surface area contributed by atoms with Gasteiger partial charge in [0, 0.05) is 16.5 Å². The first-order chi connectivity index (χ1) is 15.1. The van der Waals surface area contributed by atoms with Gasteiger partial charge in [0.05, 0.1) is 13.7 Å². The van der Waals surface area contributed by atoms with Crippen LogP contribution in [0.5, 0.6) is 11.5 Å². The second-order valence-corrected chi connectivity index (χ2v) is 7.88. The number of hydrogen-bond acceptors (Lipinski definition) is 4. The smallest absolute Gasteiger partial charge is 0.161 e. The number of methoxy groups -OCH3 is 1. The summed E-state index contributed by atoms with van der Waals surface area (Å²) in [6.07, 6.45) is 11.9. The standard InChI is InChI=1S/C27H32O4/c1-4-6-7-8-9-10-11-12-25-27-20(18-31-25)15-19-16-26(30-3)24(29)17-23(19)22(27)14-13-21(28)5-2/h5,11-12,15-17,21,25,28-29H,2,4,6-10,18H2,1,3H3/b12-11-/t21-,25+/m1/s1. The van der Waals surface area contributed by atoms with Crippen molar-refractivity contribution in [3.05, 3.63) is 59.7 Å². The molecule has 0 spiro atoms. The number of aliphatic hydroxyl groups excluding tert-OH is 1. The SMILES string of the molecule is C=C[C@@H](O)C#Cc1c2c(cc3cc(OC)c(O)cc13)CO[C@H]2/C=C\CCCCCCC. The van der Waals surface area contributed by atoms with Crippen molar-refractivity contribution >= 4 is 10.8 Å². The van der Waals surface area contributed by atoms with Gasteiger partial charge in [-0.2, -0.15) is 0 Å². The molecule has 3 rings (SSSR count). The zero-order valence-corrected chi connectivity index (χ0v) is 18.5. The predicted molar refractivity (Wildman–Crippen MR) is 125 cm³/mol. The molecule has 0 unspecified atom stereocenters. The van der Waals surface area contributed by atoms with Crippen LogP contribution in [0.4, 0.5) is 0 Å². The number of aromatic hydroxyl groups is 1. The van der Waals surface area contributed by atoms with E-state index in [1.165, 1.54) is 45.3 Å². The number of hydrogen-bond donors (Lipinski definition) is 2. The minimum atomic E-state index is -0.919. The fourth-order valence-corrected chi connectivity index (χ4v) is 3.94. The molecule has 2 N–H and O–H groups in total. The van der Waals surface area contributed by atoms with Gasteiger partial charge in [-0.25, -0.2) is 0 Å². The van der Waals surface area contributed by atoms with Crippen molar-refractivity contribution in [1.82, 2.24) is 0 Å². The fraction of sp³-hybridized carbons (Fsp3) is 0.407. The molecule has 0 bridgehead atoms. The maximum Gasteiger partial charge on any atom is 0.161 e. The van der Waals surface area contributed by atoms with Crippen LogP contribution in [-0.2, 0) is 11.3 Å².